The fourth-order valence-electron chi connectivity index (χ4n) is 3.75. The number of thiophene rings is 1. The normalized spacial score (nSPS) is 13.8. The standard InChI is InChI=1S/C22H19N3O3S/c1-13-20(24-12-23-13)22(27)25-6-7-28-21-15(10-25)8-14(9-18(21)26)17-11-29-19-5-3-2-4-16(17)19/h2-5,8-9,11-12,26H,6-7,10H2,1H3,(H,23,24). The molecular formula is C22H19N3O3S. The molecule has 146 valence electrons. The van der Waals surface area contributed by atoms with Gasteiger partial charge in [-0.25, -0.2) is 4.98 Å². The van der Waals surface area contributed by atoms with Crippen LogP contribution in [0.15, 0.2) is 48.1 Å². The molecule has 2 aromatic heterocycles. The van der Waals surface area contributed by atoms with E-state index in [9.17, 15) is 9.90 Å². The Morgan fingerprint density at radius 1 is 1.31 bits per heavy atom. The van der Waals surface area contributed by atoms with Crippen LogP contribution in [-0.2, 0) is 6.54 Å². The third-order valence-corrected chi connectivity index (χ3v) is 6.19. The number of aryl methyl sites for hydroxylation is 1. The van der Waals surface area contributed by atoms with E-state index in [2.05, 4.69) is 27.5 Å². The molecule has 0 spiro atoms. The Morgan fingerprint density at radius 2 is 2.17 bits per heavy atom. The molecule has 2 aromatic carbocycles. The quantitative estimate of drug-likeness (QED) is 0.520. The second-order valence-electron chi connectivity index (χ2n) is 7.08. The van der Waals surface area contributed by atoms with Crippen LogP contribution in [0.1, 0.15) is 21.7 Å². The number of imidazole rings is 1. The molecule has 6 nitrogen and oxygen atoms in total. The number of phenols is 1. The maximum atomic E-state index is 12.9. The van der Waals surface area contributed by atoms with Gasteiger partial charge in [0.2, 0.25) is 0 Å². The first-order valence-corrected chi connectivity index (χ1v) is 10.2. The molecule has 1 aliphatic heterocycles. The topological polar surface area (TPSA) is 78.5 Å². The number of aromatic hydroxyl groups is 1. The number of fused-ring (bicyclic) bond motifs is 2. The molecule has 4 aromatic rings. The number of ether oxygens (including phenoxy) is 1. The summed E-state index contributed by atoms with van der Waals surface area (Å²) >= 11 is 1.67. The third kappa shape index (κ3) is 3.03. The van der Waals surface area contributed by atoms with Crippen molar-refractivity contribution in [2.24, 2.45) is 0 Å². The minimum atomic E-state index is -0.147. The molecule has 0 fully saturated rings. The van der Waals surface area contributed by atoms with Crippen molar-refractivity contribution in [3.63, 3.8) is 0 Å². The molecule has 29 heavy (non-hydrogen) atoms. The van der Waals surface area contributed by atoms with Crippen molar-refractivity contribution in [3.8, 4) is 22.6 Å². The van der Waals surface area contributed by atoms with Crippen LogP contribution in [0.3, 0.4) is 0 Å². The Labute approximate surface area is 171 Å². The van der Waals surface area contributed by atoms with E-state index in [0.717, 1.165) is 27.8 Å². The summed E-state index contributed by atoms with van der Waals surface area (Å²) in [7, 11) is 0. The molecule has 1 amide bonds. The maximum Gasteiger partial charge on any atom is 0.274 e. The lowest BCUT2D eigenvalue weighted by Crippen LogP contribution is -2.33. The summed E-state index contributed by atoms with van der Waals surface area (Å²) in [6.45, 7) is 2.92. The van der Waals surface area contributed by atoms with Crippen LogP contribution in [0.5, 0.6) is 11.5 Å². The summed E-state index contributed by atoms with van der Waals surface area (Å²) in [6, 6.07) is 11.9. The van der Waals surface area contributed by atoms with Gasteiger partial charge in [0.1, 0.15) is 12.3 Å². The average Bonchev–Trinajstić information content (AvgIpc) is 3.27. The molecule has 0 aliphatic carbocycles. The lowest BCUT2D eigenvalue weighted by molar-refractivity contribution is 0.0727. The molecule has 0 bridgehead atoms. The lowest BCUT2D eigenvalue weighted by Gasteiger charge is -2.19. The van der Waals surface area contributed by atoms with Gasteiger partial charge in [0.05, 0.1) is 12.9 Å². The first kappa shape index (κ1) is 17.8. The third-order valence-electron chi connectivity index (χ3n) is 5.23. The Kier molecular flexibility index (Phi) is 4.24. The molecule has 0 atom stereocenters. The fourth-order valence-corrected chi connectivity index (χ4v) is 4.72. The number of H-pyrrole nitrogens is 1. The Balaban J connectivity index is 1.55. The van der Waals surface area contributed by atoms with Crippen molar-refractivity contribution >= 4 is 27.3 Å². The summed E-state index contributed by atoms with van der Waals surface area (Å²) in [4.78, 5) is 21.8. The monoisotopic (exact) mass is 405 g/mol. The van der Waals surface area contributed by atoms with Crippen LogP contribution < -0.4 is 4.74 Å². The summed E-state index contributed by atoms with van der Waals surface area (Å²) in [6.07, 6.45) is 1.52. The van der Waals surface area contributed by atoms with Gasteiger partial charge >= 0.3 is 0 Å². The van der Waals surface area contributed by atoms with Crippen LogP contribution in [0, 0.1) is 6.92 Å². The van der Waals surface area contributed by atoms with E-state index in [-0.39, 0.29) is 11.7 Å². The highest BCUT2D eigenvalue weighted by Gasteiger charge is 2.26. The second kappa shape index (κ2) is 6.93. The number of nitrogens with one attached hydrogen (secondary N) is 1. The number of aromatic nitrogens is 2. The molecule has 0 unspecified atom stereocenters. The van der Waals surface area contributed by atoms with E-state index >= 15 is 0 Å². The number of nitrogens with zero attached hydrogens (tertiary/aromatic N) is 2. The van der Waals surface area contributed by atoms with Crippen molar-refractivity contribution in [1.29, 1.82) is 0 Å². The van der Waals surface area contributed by atoms with Gasteiger partial charge in [-0.2, -0.15) is 0 Å². The molecule has 2 N–H and O–H groups in total. The van der Waals surface area contributed by atoms with Gasteiger partial charge in [-0.05, 0) is 36.1 Å². The second-order valence-corrected chi connectivity index (χ2v) is 7.99. The summed E-state index contributed by atoms with van der Waals surface area (Å²) in [5.74, 6) is 0.395. The molecule has 0 saturated heterocycles. The molecule has 3 heterocycles. The molecule has 0 radical (unpaired) electrons. The number of hydrogen-bond donors (Lipinski definition) is 2. The van der Waals surface area contributed by atoms with Gasteiger partial charge < -0.3 is 19.7 Å². The van der Waals surface area contributed by atoms with Gasteiger partial charge in [0.25, 0.3) is 5.91 Å². The number of carbonyl (C=O) groups excluding carboxylic acids is 1. The van der Waals surface area contributed by atoms with E-state index in [1.807, 2.05) is 25.1 Å². The van der Waals surface area contributed by atoms with Crippen molar-refractivity contribution in [1.82, 2.24) is 14.9 Å². The summed E-state index contributed by atoms with van der Waals surface area (Å²) in [5, 5.41) is 13.9. The molecule has 1 aliphatic rings. The van der Waals surface area contributed by atoms with Crippen molar-refractivity contribution in [2.45, 2.75) is 13.5 Å². The number of amides is 1. The Hall–Kier alpha value is -3.32. The van der Waals surface area contributed by atoms with E-state index in [1.165, 1.54) is 11.0 Å². The summed E-state index contributed by atoms with van der Waals surface area (Å²) in [5.41, 5.74) is 3.91. The Morgan fingerprint density at radius 3 is 3.00 bits per heavy atom. The first-order chi connectivity index (χ1) is 14.1. The number of phenolic OH excluding ortho intramolecular Hbond substituents is 1. The van der Waals surface area contributed by atoms with Gasteiger partial charge in [0.15, 0.2) is 11.5 Å². The average molecular weight is 405 g/mol. The van der Waals surface area contributed by atoms with Gasteiger partial charge in [-0.1, -0.05) is 18.2 Å². The molecule has 7 heteroatoms. The van der Waals surface area contributed by atoms with E-state index < -0.39 is 0 Å². The highest BCUT2D eigenvalue weighted by molar-refractivity contribution is 7.17. The number of rotatable bonds is 2. The number of hydrogen-bond acceptors (Lipinski definition) is 5. The molecule has 0 saturated carbocycles. The van der Waals surface area contributed by atoms with Crippen LogP contribution in [0.4, 0.5) is 0 Å². The van der Waals surface area contributed by atoms with Crippen LogP contribution in [0.2, 0.25) is 0 Å². The number of aromatic amines is 1. The first-order valence-electron chi connectivity index (χ1n) is 9.36. The van der Waals surface area contributed by atoms with E-state index in [4.69, 9.17) is 4.74 Å². The van der Waals surface area contributed by atoms with Crippen LogP contribution >= 0.6 is 11.3 Å². The van der Waals surface area contributed by atoms with Crippen molar-refractivity contribution < 1.29 is 14.6 Å². The smallest absolute Gasteiger partial charge is 0.274 e. The van der Waals surface area contributed by atoms with E-state index in [1.54, 1.807) is 22.3 Å². The molecule has 5 rings (SSSR count). The van der Waals surface area contributed by atoms with Crippen LogP contribution in [0.25, 0.3) is 21.2 Å². The van der Waals surface area contributed by atoms with Gasteiger partial charge in [-0.15, -0.1) is 11.3 Å². The zero-order chi connectivity index (χ0) is 20.0. The van der Waals surface area contributed by atoms with Crippen molar-refractivity contribution in [3.05, 3.63) is 65.1 Å². The SMILES string of the molecule is Cc1[nH]cnc1C(=O)N1CCOc2c(O)cc(-c3csc4ccccc34)cc2C1. The van der Waals surface area contributed by atoms with Crippen LogP contribution in [-0.4, -0.2) is 39.0 Å². The summed E-state index contributed by atoms with van der Waals surface area (Å²) < 4.78 is 6.99. The van der Waals surface area contributed by atoms with Crippen molar-refractivity contribution in [2.75, 3.05) is 13.2 Å². The maximum absolute atomic E-state index is 12.9. The van der Waals surface area contributed by atoms with Gasteiger partial charge in [0, 0.05) is 33.5 Å². The highest BCUT2D eigenvalue weighted by atomic mass is 32.1. The fraction of sp³-hybridized carbons (Fsp3) is 0.182. The molecular weight excluding hydrogens is 386 g/mol. The predicted octanol–water partition coefficient (Wildman–Crippen LogP) is 4.34. The minimum absolute atomic E-state index is 0.0954. The van der Waals surface area contributed by atoms with E-state index in [0.29, 0.717) is 31.1 Å². The lowest BCUT2D eigenvalue weighted by atomic mass is 10.0. The predicted molar refractivity (Wildman–Crippen MR) is 112 cm³/mol. The number of benzene rings is 2. The zero-order valence-electron chi connectivity index (χ0n) is 15.8. The highest BCUT2D eigenvalue weighted by Crippen LogP contribution is 2.41. The minimum Gasteiger partial charge on any atom is -0.504 e. The largest absolute Gasteiger partial charge is 0.504 e. The Bertz CT molecular complexity index is 1230. The number of carbonyl (C=O) groups is 1. The van der Waals surface area contributed by atoms with Gasteiger partial charge in [-0.3, -0.25) is 4.79 Å². The zero-order valence-corrected chi connectivity index (χ0v) is 16.6.